The van der Waals surface area contributed by atoms with Crippen LogP contribution in [-0.2, 0) is 9.53 Å². The molecule has 2 atom stereocenters. The number of ketones is 1. The standard InChI is InChI=1S/C12H14O2/c1-2-6-10(13)12-11(14-12)9-7-4-3-5-8-9/h3-5,7-8,11-12H,2,6H2,1H3. The third-order valence-corrected chi connectivity index (χ3v) is 2.43. The number of epoxide rings is 1. The summed E-state index contributed by atoms with van der Waals surface area (Å²) in [6.07, 6.45) is 1.39. The van der Waals surface area contributed by atoms with Crippen molar-refractivity contribution in [2.45, 2.75) is 32.0 Å². The van der Waals surface area contributed by atoms with E-state index in [1.165, 1.54) is 0 Å². The van der Waals surface area contributed by atoms with Gasteiger partial charge < -0.3 is 4.74 Å². The zero-order valence-electron chi connectivity index (χ0n) is 8.27. The van der Waals surface area contributed by atoms with Gasteiger partial charge >= 0.3 is 0 Å². The normalized spacial score (nSPS) is 24.6. The largest absolute Gasteiger partial charge is 0.356 e. The van der Waals surface area contributed by atoms with E-state index in [4.69, 9.17) is 4.74 Å². The lowest BCUT2D eigenvalue weighted by Gasteiger charge is -1.94. The molecule has 1 aliphatic rings. The van der Waals surface area contributed by atoms with Gasteiger partial charge in [-0.1, -0.05) is 37.3 Å². The molecule has 74 valence electrons. The third kappa shape index (κ3) is 1.85. The molecular formula is C12H14O2. The Morgan fingerprint density at radius 1 is 1.36 bits per heavy atom. The average Bonchev–Trinajstić information content (AvgIpc) is 2.99. The summed E-state index contributed by atoms with van der Waals surface area (Å²) in [5.41, 5.74) is 1.11. The van der Waals surface area contributed by atoms with Gasteiger partial charge in [0.25, 0.3) is 0 Å². The van der Waals surface area contributed by atoms with Crippen molar-refractivity contribution in [1.29, 1.82) is 0 Å². The number of ether oxygens (including phenoxy) is 1. The monoisotopic (exact) mass is 190 g/mol. The second-order valence-electron chi connectivity index (χ2n) is 3.60. The summed E-state index contributed by atoms with van der Waals surface area (Å²) >= 11 is 0. The molecular weight excluding hydrogens is 176 g/mol. The fourth-order valence-electron chi connectivity index (χ4n) is 1.64. The van der Waals surface area contributed by atoms with Crippen LogP contribution in [0.1, 0.15) is 31.4 Å². The van der Waals surface area contributed by atoms with Crippen LogP contribution < -0.4 is 0 Å². The molecule has 0 saturated carbocycles. The maximum atomic E-state index is 11.5. The first-order valence-electron chi connectivity index (χ1n) is 5.06. The van der Waals surface area contributed by atoms with Gasteiger partial charge in [0.15, 0.2) is 5.78 Å². The summed E-state index contributed by atoms with van der Waals surface area (Å²) in [5, 5.41) is 0. The SMILES string of the molecule is CCCC(=O)C1OC1c1ccccc1. The summed E-state index contributed by atoms with van der Waals surface area (Å²) < 4.78 is 5.37. The van der Waals surface area contributed by atoms with Crippen molar-refractivity contribution in [3.63, 3.8) is 0 Å². The second-order valence-corrected chi connectivity index (χ2v) is 3.60. The Balaban J connectivity index is 1.96. The molecule has 0 amide bonds. The number of carbonyl (C=O) groups excluding carboxylic acids is 1. The lowest BCUT2D eigenvalue weighted by atomic mass is 10.1. The molecule has 2 heteroatoms. The zero-order valence-corrected chi connectivity index (χ0v) is 8.27. The van der Waals surface area contributed by atoms with Gasteiger partial charge in [-0.15, -0.1) is 0 Å². The van der Waals surface area contributed by atoms with E-state index in [0.29, 0.717) is 6.42 Å². The Kier molecular flexibility index (Phi) is 2.64. The molecule has 0 bridgehead atoms. The van der Waals surface area contributed by atoms with Crippen molar-refractivity contribution in [3.8, 4) is 0 Å². The molecule has 2 rings (SSSR count). The van der Waals surface area contributed by atoms with Crippen LogP contribution >= 0.6 is 0 Å². The molecule has 2 unspecified atom stereocenters. The predicted octanol–water partition coefficient (Wildman–Crippen LogP) is 2.50. The molecule has 0 aliphatic carbocycles. The Hall–Kier alpha value is -1.15. The molecule has 1 aromatic rings. The highest BCUT2D eigenvalue weighted by Crippen LogP contribution is 2.39. The van der Waals surface area contributed by atoms with E-state index < -0.39 is 0 Å². The quantitative estimate of drug-likeness (QED) is 0.683. The van der Waals surface area contributed by atoms with Crippen LogP contribution in [0.5, 0.6) is 0 Å². The molecule has 0 aromatic heterocycles. The molecule has 0 N–H and O–H groups in total. The first-order valence-corrected chi connectivity index (χ1v) is 5.06. The summed E-state index contributed by atoms with van der Waals surface area (Å²) in [7, 11) is 0. The van der Waals surface area contributed by atoms with E-state index in [0.717, 1.165) is 12.0 Å². The number of benzene rings is 1. The number of carbonyl (C=O) groups is 1. The third-order valence-electron chi connectivity index (χ3n) is 2.43. The summed E-state index contributed by atoms with van der Waals surface area (Å²) in [6.45, 7) is 2.01. The first-order chi connectivity index (χ1) is 6.83. The number of Topliss-reactive ketones (excluding diaryl/α,β-unsaturated/α-hetero) is 1. The van der Waals surface area contributed by atoms with Crippen molar-refractivity contribution >= 4 is 5.78 Å². The van der Waals surface area contributed by atoms with E-state index >= 15 is 0 Å². The van der Waals surface area contributed by atoms with Crippen LogP contribution in [-0.4, -0.2) is 11.9 Å². The maximum Gasteiger partial charge on any atom is 0.164 e. The van der Waals surface area contributed by atoms with E-state index in [9.17, 15) is 4.79 Å². The van der Waals surface area contributed by atoms with E-state index in [1.54, 1.807) is 0 Å². The maximum absolute atomic E-state index is 11.5. The zero-order chi connectivity index (χ0) is 9.97. The number of hydrogen-bond acceptors (Lipinski definition) is 2. The highest BCUT2D eigenvalue weighted by atomic mass is 16.6. The highest BCUT2D eigenvalue weighted by Gasteiger charge is 2.44. The van der Waals surface area contributed by atoms with Gasteiger partial charge in [0.05, 0.1) is 0 Å². The molecule has 0 spiro atoms. The number of rotatable bonds is 4. The Morgan fingerprint density at radius 3 is 2.71 bits per heavy atom. The number of hydrogen-bond donors (Lipinski definition) is 0. The second kappa shape index (κ2) is 3.93. The summed E-state index contributed by atoms with van der Waals surface area (Å²) in [6, 6.07) is 9.92. The minimum atomic E-state index is -0.169. The minimum Gasteiger partial charge on any atom is -0.356 e. The van der Waals surface area contributed by atoms with E-state index in [2.05, 4.69) is 0 Å². The van der Waals surface area contributed by atoms with Crippen molar-refractivity contribution in [2.75, 3.05) is 0 Å². The molecule has 2 nitrogen and oxygen atoms in total. The predicted molar refractivity (Wildman–Crippen MR) is 54.0 cm³/mol. The van der Waals surface area contributed by atoms with Crippen LogP contribution in [0.4, 0.5) is 0 Å². The molecule has 1 heterocycles. The van der Waals surface area contributed by atoms with Crippen molar-refractivity contribution in [3.05, 3.63) is 35.9 Å². The molecule has 14 heavy (non-hydrogen) atoms. The fraction of sp³-hybridized carbons (Fsp3) is 0.417. The van der Waals surface area contributed by atoms with Gasteiger partial charge in [-0.2, -0.15) is 0 Å². The molecule has 1 fully saturated rings. The van der Waals surface area contributed by atoms with Gasteiger partial charge in [-0.05, 0) is 12.0 Å². The lowest BCUT2D eigenvalue weighted by Crippen LogP contribution is -2.06. The van der Waals surface area contributed by atoms with Crippen LogP contribution in [0.3, 0.4) is 0 Å². The molecule has 0 radical (unpaired) electrons. The Labute approximate surface area is 83.9 Å². The minimum absolute atomic E-state index is 0.0234. The van der Waals surface area contributed by atoms with Crippen molar-refractivity contribution < 1.29 is 9.53 Å². The first kappa shape index (κ1) is 9.41. The van der Waals surface area contributed by atoms with Gasteiger partial charge in [0.2, 0.25) is 0 Å². The fourth-order valence-corrected chi connectivity index (χ4v) is 1.64. The van der Waals surface area contributed by atoms with Crippen LogP contribution in [0.15, 0.2) is 30.3 Å². The van der Waals surface area contributed by atoms with Crippen LogP contribution in [0, 0.1) is 0 Å². The molecule has 1 aromatic carbocycles. The topological polar surface area (TPSA) is 29.6 Å². The van der Waals surface area contributed by atoms with Gasteiger partial charge in [-0.25, -0.2) is 0 Å². The van der Waals surface area contributed by atoms with Crippen molar-refractivity contribution in [2.24, 2.45) is 0 Å². The van der Waals surface area contributed by atoms with Gasteiger partial charge in [0, 0.05) is 6.42 Å². The summed E-state index contributed by atoms with van der Waals surface area (Å²) in [5.74, 6) is 0.237. The van der Waals surface area contributed by atoms with Crippen LogP contribution in [0.25, 0.3) is 0 Å². The molecule has 1 aliphatic heterocycles. The Morgan fingerprint density at radius 2 is 2.07 bits per heavy atom. The average molecular weight is 190 g/mol. The van der Waals surface area contributed by atoms with Gasteiger partial charge in [0.1, 0.15) is 12.2 Å². The van der Waals surface area contributed by atoms with E-state index in [-0.39, 0.29) is 18.0 Å². The Bertz CT molecular complexity index is 318. The van der Waals surface area contributed by atoms with Crippen LogP contribution in [0.2, 0.25) is 0 Å². The smallest absolute Gasteiger partial charge is 0.164 e. The van der Waals surface area contributed by atoms with Crippen molar-refractivity contribution in [1.82, 2.24) is 0 Å². The lowest BCUT2D eigenvalue weighted by molar-refractivity contribution is -0.120. The summed E-state index contributed by atoms with van der Waals surface area (Å²) in [4.78, 5) is 11.5. The van der Waals surface area contributed by atoms with Gasteiger partial charge in [-0.3, -0.25) is 4.79 Å². The highest BCUT2D eigenvalue weighted by molar-refractivity contribution is 5.86. The molecule has 1 saturated heterocycles. The van der Waals surface area contributed by atoms with E-state index in [1.807, 2.05) is 37.3 Å².